The predicted octanol–water partition coefficient (Wildman–Crippen LogP) is 2.47. The van der Waals surface area contributed by atoms with E-state index in [9.17, 15) is 5.11 Å². The number of aliphatic hydroxyl groups is 1. The van der Waals surface area contributed by atoms with E-state index in [1.807, 2.05) is 13.0 Å². The van der Waals surface area contributed by atoms with Gasteiger partial charge in [0.15, 0.2) is 5.75 Å². The molecule has 0 saturated heterocycles. The Morgan fingerprint density at radius 2 is 2.17 bits per heavy atom. The van der Waals surface area contributed by atoms with E-state index >= 15 is 0 Å². The lowest BCUT2D eigenvalue weighted by Crippen LogP contribution is -2.08. The summed E-state index contributed by atoms with van der Waals surface area (Å²) < 4.78 is 6.80. The molecule has 96 valence electrons. The Hall–Kier alpha value is -1.52. The van der Waals surface area contributed by atoms with Gasteiger partial charge in [-0.25, -0.2) is 0 Å². The molecule has 0 spiro atoms. The molecule has 5 heteroatoms. The van der Waals surface area contributed by atoms with Gasteiger partial charge in [-0.2, -0.15) is 5.10 Å². The van der Waals surface area contributed by atoms with Gasteiger partial charge < -0.3 is 9.84 Å². The van der Waals surface area contributed by atoms with Crippen LogP contribution in [0.2, 0.25) is 5.02 Å². The second-order valence-corrected chi connectivity index (χ2v) is 4.54. The molecule has 1 aromatic heterocycles. The average Bonchev–Trinajstić information content (AvgIpc) is 2.73. The van der Waals surface area contributed by atoms with Crippen LogP contribution in [0.5, 0.6) is 5.75 Å². The molecule has 1 atom stereocenters. The van der Waals surface area contributed by atoms with Crippen LogP contribution in [0.25, 0.3) is 0 Å². The highest BCUT2D eigenvalue weighted by molar-refractivity contribution is 6.31. The van der Waals surface area contributed by atoms with Crippen molar-refractivity contribution in [3.63, 3.8) is 0 Å². The van der Waals surface area contributed by atoms with E-state index in [4.69, 9.17) is 16.3 Å². The normalized spacial score (nSPS) is 12.5. The lowest BCUT2D eigenvalue weighted by atomic mass is 10.0. The number of aryl methyl sites for hydroxylation is 2. The Labute approximate surface area is 111 Å². The highest BCUT2D eigenvalue weighted by Gasteiger charge is 2.20. The molecule has 0 fully saturated rings. The number of hydrogen-bond acceptors (Lipinski definition) is 3. The summed E-state index contributed by atoms with van der Waals surface area (Å²) in [6.45, 7) is 1.90. The van der Waals surface area contributed by atoms with Crippen LogP contribution in [0.3, 0.4) is 0 Å². The number of hydrogen-bond donors (Lipinski definition) is 1. The Morgan fingerprint density at radius 3 is 2.78 bits per heavy atom. The summed E-state index contributed by atoms with van der Waals surface area (Å²) in [5, 5.41) is 15.2. The minimum absolute atomic E-state index is 0.567. The molecule has 1 aromatic carbocycles. The monoisotopic (exact) mass is 266 g/mol. The van der Waals surface area contributed by atoms with Crippen LogP contribution in [0.15, 0.2) is 24.4 Å². The number of halogens is 1. The van der Waals surface area contributed by atoms with Crippen molar-refractivity contribution in [2.75, 3.05) is 7.11 Å². The van der Waals surface area contributed by atoms with Gasteiger partial charge in [0.25, 0.3) is 0 Å². The third kappa shape index (κ3) is 2.21. The van der Waals surface area contributed by atoms with E-state index in [-0.39, 0.29) is 0 Å². The number of benzene rings is 1. The molecule has 0 amide bonds. The molecule has 1 unspecified atom stereocenters. The van der Waals surface area contributed by atoms with Gasteiger partial charge in [-0.3, -0.25) is 4.68 Å². The van der Waals surface area contributed by atoms with Gasteiger partial charge in [-0.15, -0.1) is 0 Å². The van der Waals surface area contributed by atoms with Crippen LogP contribution in [0, 0.1) is 6.92 Å². The molecule has 1 heterocycles. The van der Waals surface area contributed by atoms with Crippen LogP contribution in [0.1, 0.15) is 22.9 Å². The minimum atomic E-state index is -0.789. The number of nitrogens with zero attached hydrogens (tertiary/aromatic N) is 2. The second-order valence-electron chi connectivity index (χ2n) is 4.13. The van der Waals surface area contributed by atoms with E-state index in [0.717, 1.165) is 11.1 Å². The fourth-order valence-corrected chi connectivity index (χ4v) is 2.01. The molecule has 0 aliphatic heterocycles. The first-order valence-electron chi connectivity index (χ1n) is 5.54. The summed E-state index contributed by atoms with van der Waals surface area (Å²) in [6.07, 6.45) is 0.796. The Morgan fingerprint density at radius 1 is 1.44 bits per heavy atom. The Bertz CT molecular complexity index is 566. The van der Waals surface area contributed by atoms with Crippen molar-refractivity contribution in [3.05, 3.63) is 46.2 Å². The van der Waals surface area contributed by atoms with E-state index in [2.05, 4.69) is 5.10 Å². The maximum atomic E-state index is 10.4. The molecule has 2 aromatic rings. The summed E-state index contributed by atoms with van der Waals surface area (Å²) in [6, 6.07) is 5.43. The number of rotatable bonds is 3. The van der Waals surface area contributed by atoms with E-state index < -0.39 is 6.10 Å². The third-order valence-corrected chi connectivity index (χ3v) is 3.35. The highest BCUT2D eigenvalue weighted by Crippen LogP contribution is 2.30. The molecular weight excluding hydrogens is 252 g/mol. The molecule has 0 bridgehead atoms. The van der Waals surface area contributed by atoms with Crippen LogP contribution in [-0.2, 0) is 7.05 Å². The number of methoxy groups -OCH3 is 1. The van der Waals surface area contributed by atoms with E-state index in [1.54, 1.807) is 37.2 Å². The van der Waals surface area contributed by atoms with Crippen LogP contribution in [0.4, 0.5) is 0 Å². The van der Waals surface area contributed by atoms with Crippen molar-refractivity contribution in [1.82, 2.24) is 9.78 Å². The Balaban J connectivity index is 2.44. The summed E-state index contributed by atoms with van der Waals surface area (Å²) in [7, 11) is 3.32. The third-order valence-electron chi connectivity index (χ3n) is 2.93. The molecule has 0 aliphatic rings. The molecular formula is C13H15ClN2O2. The Kier molecular flexibility index (Phi) is 3.59. The van der Waals surface area contributed by atoms with Gasteiger partial charge in [0, 0.05) is 12.1 Å². The maximum absolute atomic E-state index is 10.4. The second kappa shape index (κ2) is 5.00. The SMILES string of the molecule is COc1cnn(C)c1C(O)c1ccc(Cl)c(C)c1. The number of ether oxygens (including phenoxy) is 1. The first-order valence-corrected chi connectivity index (χ1v) is 5.92. The molecule has 0 aliphatic carbocycles. The molecule has 0 saturated carbocycles. The zero-order chi connectivity index (χ0) is 13.3. The van der Waals surface area contributed by atoms with Crippen LogP contribution in [-0.4, -0.2) is 22.0 Å². The first-order chi connectivity index (χ1) is 8.54. The summed E-state index contributed by atoms with van der Waals surface area (Å²) >= 11 is 5.98. The molecule has 2 rings (SSSR count). The largest absolute Gasteiger partial charge is 0.493 e. The van der Waals surface area contributed by atoms with Gasteiger partial charge >= 0.3 is 0 Å². The van der Waals surface area contributed by atoms with Crippen LogP contribution < -0.4 is 4.74 Å². The minimum Gasteiger partial charge on any atom is -0.493 e. The van der Waals surface area contributed by atoms with Crippen molar-refractivity contribution in [2.45, 2.75) is 13.0 Å². The van der Waals surface area contributed by atoms with Crippen LogP contribution >= 0.6 is 11.6 Å². The van der Waals surface area contributed by atoms with Gasteiger partial charge in [0.05, 0.1) is 13.3 Å². The van der Waals surface area contributed by atoms with Crippen molar-refractivity contribution in [2.24, 2.45) is 7.05 Å². The molecule has 1 N–H and O–H groups in total. The number of aromatic nitrogens is 2. The van der Waals surface area contributed by atoms with Gasteiger partial charge in [-0.05, 0) is 24.1 Å². The van der Waals surface area contributed by atoms with E-state index in [1.165, 1.54) is 0 Å². The van der Waals surface area contributed by atoms with E-state index in [0.29, 0.717) is 16.5 Å². The zero-order valence-electron chi connectivity index (χ0n) is 10.5. The van der Waals surface area contributed by atoms with Crippen molar-refractivity contribution >= 4 is 11.6 Å². The maximum Gasteiger partial charge on any atom is 0.162 e. The predicted molar refractivity (Wildman–Crippen MR) is 70.0 cm³/mol. The topological polar surface area (TPSA) is 47.3 Å². The van der Waals surface area contributed by atoms with Gasteiger partial charge in [-0.1, -0.05) is 23.7 Å². The number of aliphatic hydroxyl groups excluding tert-OH is 1. The van der Waals surface area contributed by atoms with Gasteiger partial charge in [0.1, 0.15) is 11.8 Å². The van der Waals surface area contributed by atoms with Crippen molar-refractivity contribution in [1.29, 1.82) is 0 Å². The summed E-state index contributed by atoms with van der Waals surface area (Å²) in [5.74, 6) is 0.567. The fourth-order valence-electron chi connectivity index (χ4n) is 1.89. The molecule has 18 heavy (non-hydrogen) atoms. The smallest absolute Gasteiger partial charge is 0.162 e. The summed E-state index contributed by atoms with van der Waals surface area (Å²) in [5.41, 5.74) is 2.31. The first kappa shape index (κ1) is 12.9. The summed E-state index contributed by atoms with van der Waals surface area (Å²) in [4.78, 5) is 0. The zero-order valence-corrected chi connectivity index (χ0v) is 11.3. The lowest BCUT2D eigenvalue weighted by molar-refractivity contribution is 0.204. The fraction of sp³-hybridized carbons (Fsp3) is 0.308. The van der Waals surface area contributed by atoms with Crippen molar-refractivity contribution in [3.8, 4) is 5.75 Å². The lowest BCUT2D eigenvalue weighted by Gasteiger charge is -2.14. The standard InChI is InChI=1S/C13H15ClN2O2/c1-8-6-9(4-5-10(8)14)13(17)12-11(18-3)7-15-16(12)2/h4-7,13,17H,1-3H3. The average molecular weight is 267 g/mol. The van der Waals surface area contributed by atoms with Crippen molar-refractivity contribution < 1.29 is 9.84 Å². The molecule has 0 radical (unpaired) electrons. The highest BCUT2D eigenvalue weighted by atomic mass is 35.5. The quantitative estimate of drug-likeness (QED) is 0.928. The van der Waals surface area contributed by atoms with Gasteiger partial charge in [0.2, 0.25) is 0 Å². The molecule has 4 nitrogen and oxygen atoms in total.